The van der Waals surface area contributed by atoms with Crippen molar-refractivity contribution in [2.24, 2.45) is 0 Å². The minimum atomic E-state index is -1.28. The summed E-state index contributed by atoms with van der Waals surface area (Å²) in [5.74, 6) is -1.30. The summed E-state index contributed by atoms with van der Waals surface area (Å²) in [7, 11) is 0. The number of carboxylic acids is 1. The van der Waals surface area contributed by atoms with Gasteiger partial charge in [-0.25, -0.2) is 4.79 Å². The van der Waals surface area contributed by atoms with Gasteiger partial charge in [0.2, 0.25) is 5.43 Å². The molecule has 0 saturated carbocycles. The highest BCUT2D eigenvalue weighted by Gasteiger charge is 2.13. The second kappa shape index (κ2) is 6.50. The third kappa shape index (κ3) is 3.10. The maximum Gasteiger partial charge on any atom is 0.341 e. The van der Waals surface area contributed by atoms with Crippen LogP contribution in [0.25, 0.3) is 10.9 Å². The van der Waals surface area contributed by atoms with Crippen LogP contribution in [0.2, 0.25) is 0 Å². The van der Waals surface area contributed by atoms with Crippen LogP contribution in [0, 0.1) is 0 Å². The summed E-state index contributed by atoms with van der Waals surface area (Å²) in [6, 6.07) is 14.4. The Morgan fingerprint density at radius 2 is 1.79 bits per heavy atom. The number of H-pyrrole nitrogens is 1. The Balaban J connectivity index is 1.85. The van der Waals surface area contributed by atoms with Gasteiger partial charge in [-0.1, -0.05) is 36.4 Å². The Kier molecular flexibility index (Phi) is 4.24. The van der Waals surface area contributed by atoms with Gasteiger partial charge >= 0.3 is 5.97 Å². The topological polar surface area (TPSA) is 87.2 Å². The highest BCUT2D eigenvalue weighted by atomic mass is 16.4. The molecular formula is C19H15NO4. The molecule has 0 spiro atoms. The molecule has 0 aliphatic rings. The lowest BCUT2D eigenvalue weighted by Gasteiger charge is -2.05. The van der Waals surface area contributed by atoms with Crippen LogP contribution in [-0.4, -0.2) is 21.8 Å². The summed E-state index contributed by atoms with van der Waals surface area (Å²) in [5.41, 5.74) is 1.17. The number of ketones is 1. The van der Waals surface area contributed by atoms with Gasteiger partial charge in [-0.2, -0.15) is 0 Å². The number of carbonyl (C=O) groups excluding carboxylic acids is 1. The monoisotopic (exact) mass is 321 g/mol. The number of hydrogen-bond acceptors (Lipinski definition) is 3. The smallest absolute Gasteiger partial charge is 0.341 e. The zero-order chi connectivity index (χ0) is 17.1. The zero-order valence-corrected chi connectivity index (χ0v) is 12.8. The number of carboxylic acid groups (broad SMARTS) is 1. The van der Waals surface area contributed by atoms with Crippen LogP contribution < -0.4 is 5.43 Å². The SMILES string of the molecule is O=C(CCc1ccccc1)c1ccc2c(=O)c(C(=O)O)c[nH]c2c1. The number of nitrogens with one attached hydrogen (secondary N) is 1. The van der Waals surface area contributed by atoms with Gasteiger partial charge in [0.05, 0.1) is 5.52 Å². The predicted molar refractivity (Wildman–Crippen MR) is 90.6 cm³/mol. The van der Waals surface area contributed by atoms with Crippen molar-refractivity contribution < 1.29 is 14.7 Å². The molecular weight excluding hydrogens is 306 g/mol. The number of fused-ring (bicyclic) bond motifs is 1. The summed E-state index contributed by atoms with van der Waals surface area (Å²) in [6.45, 7) is 0. The molecule has 0 aliphatic carbocycles. The summed E-state index contributed by atoms with van der Waals surface area (Å²) >= 11 is 0. The second-order valence-electron chi connectivity index (χ2n) is 5.51. The van der Waals surface area contributed by atoms with Gasteiger partial charge in [-0.05, 0) is 24.1 Å². The summed E-state index contributed by atoms with van der Waals surface area (Å²) in [5, 5.41) is 9.23. The normalized spacial score (nSPS) is 10.7. The Bertz CT molecular complexity index is 974. The lowest BCUT2D eigenvalue weighted by Crippen LogP contribution is -2.15. The van der Waals surface area contributed by atoms with Crippen LogP contribution in [0.1, 0.15) is 32.7 Å². The number of rotatable bonds is 5. The van der Waals surface area contributed by atoms with Crippen molar-refractivity contribution in [2.45, 2.75) is 12.8 Å². The van der Waals surface area contributed by atoms with Crippen molar-refractivity contribution in [3.05, 3.63) is 81.6 Å². The molecule has 2 N–H and O–H groups in total. The third-order valence-electron chi connectivity index (χ3n) is 3.92. The van der Waals surface area contributed by atoms with E-state index in [0.717, 1.165) is 11.8 Å². The fraction of sp³-hybridized carbons (Fsp3) is 0.105. The number of aryl methyl sites for hydroxylation is 1. The first kappa shape index (κ1) is 15.7. The second-order valence-corrected chi connectivity index (χ2v) is 5.51. The Labute approximate surface area is 137 Å². The van der Waals surface area contributed by atoms with Gasteiger partial charge in [0.15, 0.2) is 5.78 Å². The van der Waals surface area contributed by atoms with Crippen LogP contribution in [0.3, 0.4) is 0 Å². The quantitative estimate of drug-likeness (QED) is 0.707. The summed E-state index contributed by atoms with van der Waals surface area (Å²) in [6.07, 6.45) is 2.17. The van der Waals surface area contributed by atoms with E-state index in [1.165, 1.54) is 6.07 Å². The van der Waals surface area contributed by atoms with Gasteiger partial charge in [-0.15, -0.1) is 0 Å². The highest BCUT2D eigenvalue weighted by Crippen LogP contribution is 2.14. The lowest BCUT2D eigenvalue weighted by atomic mass is 10.0. The largest absolute Gasteiger partial charge is 0.477 e. The van der Waals surface area contributed by atoms with Gasteiger partial charge in [-0.3, -0.25) is 9.59 Å². The predicted octanol–water partition coefficient (Wildman–Crippen LogP) is 3.04. The van der Waals surface area contributed by atoms with E-state index in [1.807, 2.05) is 30.3 Å². The molecule has 0 unspecified atom stereocenters. The average molecular weight is 321 g/mol. The maximum absolute atomic E-state index is 12.3. The molecule has 0 aliphatic heterocycles. The van der Waals surface area contributed by atoms with E-state index in [4.69, 9.17) is 5.11 Å². The Hall–Kier alpha value is -3.21. The van der Waals surface area contributed by atoms with Crippen LogP contribution in [0.5, 0.6) is 0 Å². The van der Waals surface area contributed by atoms with E-state index in [1.54, 1.807) is 12.1 Å². The summed E-state index contributed by atoms with van der Waals surface area (Å²) in [4.78, 5) is 38.2. The molecule has 3 rings (SSSR count). The van der Waals surface area contributed by atoms with Gasteiger partial charge in [0.25, 0.3) is 0 Å². The number of benzene rings is 2. The number of aromatic nitrogens is 1. The number of Topliss-reactive ketones (excluding diaryl/α,β-unsaturated/α-hetero) is 1. The lowest BCUT2D eigenvalue weighted by molar-refractivity contribution is 0.0695. The van der Waals surface area contributed by atoms with Crippen molar-refractivity contribution in [3.8, 4) is 0 Å². The minimum Gasteiger partial charge on any atom is -0.477 e. The van der Waals surface area contributed by atoms with Crippen LogP contribution in [0.15, 0.2) is 59.5 Å². The molecule has 0 amide bonds. The van der Waals surface area contributed by atoms with E-state index in [0.29, 0.717) is 23.9 Å². The fourth-order valence-electron chi connectivity index (χ4n) is 2.60. The molecule has 1 heterocycles. The van der Waals surface area contributed by atoms with Crippen molar-refractivity contribution in [2.75, 3.05) is 0 Å². The van der Waals surface area contributed by atoms with E-state index in [2.05, 4.69) is 4.98 Å². The molecule has 5 heteroatoms. The van der Waals surface area contributed by atoms with E-state index >= 15 is 0 Å². The first-order valence-electron chi connectivity index (χ1n) is 7.52. The number of aromatic carboxylic acids is 1. The van der Waals surface area contributed by atoms with Crippen LogP contribution >= 0.6 is 0 Å². The maximum atomic E-state index is 12.3. The zero-order valence-electron chi connectivity index (χ0n) is 12.8. The van der Waals surface area contributed by atoms with Crippen LogP contribution in [-0.2, 0) is 6.42 Å². The molecule has 2 aromatic carbocycles. The van der Waals surface area contributed by atoms with Crippen molar-refractivity contribution in [1.82, 2.24) is 4.98 Å². The minimum absolute atomic E-state index is 0.0242. The number of aromatic amines is 1. The van der Waals surface area contributed by atoms with Gasteiger partial charge in [0.1, 0.15) is 5.56 Å². The molecule has 0 radical (unpaired) electrons. The molecule has 0 saturated heterocycles. The average Bonchev–Trinajstić information content (AvgIpc) is 2.60. The molecule has 1 aromatic heterocycles. The molecule has 0 atom stereocenters. The van der Waals surface area contributed by atoms with Gasteiger partial charge < -0.3 is 10.1 Å². The standard InChI is InChI=1S/C19H15NO4/c21-17(9-6-12-4-2-1-3-5-12)13-7-8-14-16(10-13)20-11-15(18(14)22)19(23)24/h1-5,7-8,10-11H,6,9H2,(H,20,22)(H,23,24). The first-order chi connectivity index (χ1) is 11.6. The van der Waals surface area contributed by atoms with Crippen LogP contribution in [0.4, 0.5) is 0 Å². The van der Waals surface area contributed by atoms with Crippen molar-refractivity contribution in [3.63, 3.8) is 0 Å². The summed E-state index contributed by atoms with van der Waals surface area (Å²) < 4.78 is 0. The van der Waals surface area contributed by atoms with Crippen molar-refractivity contribution in [1.29, 1.82) is 0 Å². The Morgan fingerprint density at radius 3 is 2.50 bits per heavy atom. The third-order valence-corrected chi connectivity index (χ3v) is 3.92. The molecule has 5 nitrogen and oxygen atoms in total. The van der Waals surface area contributed by atoms with E-state index in [-0.39, 0.29) is 16.7 Å². The molecule has 24 heavy (non-hydrogen) atoms. The van der Waals surface area contributed by atoms with Gasteiger partial charge in [0, 0.05) is 23.6 Å². The fourth-order valence-corrected chi connectivity index (χ4v) is 2.60. The van der Waals surface area contributed by atoms with E-state index < -0.39 is 11.4 Å². The number of carbonyl (C=O) groups is 2. The highest BCUT2D eigenvalue weighted by molar-refractivity contribution is 6.00. The number of pyridine rings is 1. The number of hydrogen-bond donors (Lipinski definition) is 2. The van der Waals surface area contributed by atoms with E-state index in [9.17, 15) is 14.4 Å². The molecule has 3 aromatic rings. The molecule has 0 fully saturated rings. The molecule has 0 bridgehead atoms. The van der Waals surface area contributed by atoms with Crippen molar-refractivity contribution >= 4 is 22.7 Å². The first-order valence-corrected chi connectivity index (χ1v) is 7.52. The Morgan fingerprint density at radius 1 is 1.04 bits per heavy atom. The molecule has 120 valence electrons.